The van der Waals surface area contributed by atoms with Crippen LogP contribution in [0.25, 0.3) is 0 Å². The Morgan fingerprint density at radius 2 is 2.04 bits per heavy atom. The van der Waals surface area contributed by atoms with E-state index >= 15 is 0 Å². The van der Waals surface area contributed by atoms with Crippen LogP contribution in [0.2, 0.25) is 0 Å². The first-order valence-corrected chi connectivity index (χ1v) is 8.98. The molecule has 0 amide bonds. The van der Waals surface area contributed by atoms with Crippen molar-refractivity contribution >= 4 is 22.9 Å². The van der Waals surface area contributed by atoms with E-state index in [0.717, 1.165) is 17.5 Å². The average molecular weight is 352 g/mol. The van der Waals surface area contributed by atoms with Gasteiger partial charge in [-0.2, -0.15) is 8.42 Å². The third kappa shape index (κ3) is 4.01. The molecular weight excluding hydrogens is 332 g/mol. The molecule has 0 saturated heterocycles. The first kappa shape index (κ1) is 18.2. The van der Waals surface area contributed by atoms with Gasteiger partial charge in [0.2, 0.25) is 0 Å². The maximum absolute atomic E-state index is 11.8. The van der Waals surface area contributed by atoms with Gasteiger partial charge in [0, 0.05) is 11.3 Å². The predicted octanol–water partition coefficient (Wildman–Crippen LogP) is 1.62. The van der Waals surface area contributed by atoms with Gasteiger partial charge in [0.05, 0.1) is 6.34 Å². The molecule has 2 N–H and O–H groups in total. The molecule has 1 aliphatic rings. The van der Waals surface area contributed by atoms with Crippen molar-refractivity contribution in [1.29, 1.82) is 0 Å². The van der Waals surface area contributed by atoms with Gasteiger partial charge < -0.3 is 10.1 Å². The van der Waals surface area contributed by atoms with E-state index in [-0.39, 0.29) is 6.47 Å². The maximum atomic E-state index is 11.8. The van der Waals surface area contributed by atoms with Crippen molar-refractivity contribution in [2.75, 3.05) is 6.61 Å². The zero-order valence-electron chi connectivity index (χ0n) is 13.5. The summed E-state index contributed by atoms with van der Waals surface area (Å²) in [6, 6.07) is 7.07. The Balaban J connectivity index is 2.46. The van der Waals surface area contributed by atoms with Crippen LogP contribution in [0.3, 0.4) is 0 Å². The number of aryl methyl sites for hydroxylation is 1. The summed E-state index contributed by atoms with van der Waals surface area (Å²) in [6.07, 6.45) is 2.37. The molecule has 7 nitrogen and oxygen atoms in total. The van der Waals surface area contributed by atoms with Gasteiger partial charge in [0.1, 0.15) is 17.9 Å². The summed E-state index contributed by atoms with van der Waals surface area (Å²) in [5.74, 6) is 0. The minimum atomic E-state index is -4.48. The maximum Gasteiger partial charge on any atom is 0.293 e. The number of benzene rings is 1. The lowest BCUT2D eigenvalue weighted by atomic mass is 9.93. The number of aliphatic imine (C=N–C) groups is 1. The van der Waals surface area contributed by atoms with Gasteiger partial charge >= 0.3 is 0 Å². The van der Waals surface area contributed by atoms with Gasteiger partial charge in [0.15, 0.2) is 0 Å². The topological polar surface area (TPSA) is 105 Å². The fourth-order valence-corrected chi connectivity index (χ4v) is 3.54. The Morgan fingerprint density at radius 3 is 2.58 bits per heavy atom. The van der Waals surface area contributed by atoms with Gasteiger partial charge in [0.25, 0.3) is 16.6 Å². The van der Waals surface area contributed by atoms with E-state index in [0.29, 0.717) is 11.3 Å². The van der Waals surface area contributed by atoms with Crippen molar-refractivity contribution in [3.8, 4) is 0 Å². The van der Waals surface area contributed by atoms with Gasteiger partial charge in [-0.05, 0) is 24.5 Å². The molecular formula is C16H20N2O5S. The van der Waals surface area contributed by atoms with Crippen molar-refractivity contribution < 1.29 is 22.5 Å². The van der Waals surface area contributed by atoms with E-state index in [4.69, 9.17) is 0 Å². The molecule has 1 aliphatic heterocycles. The van der Waals surface area contributed by atoms with E-state index in [1.807, 2.05) is 31.2 Å². The molecule has 2 atom stereocenters. The molecule has 2 rings (SSSR count). The number of carbonyl (C=O) groups is 1. The minimum absolute atomic E-state index is 0.151. The average Bonchev–Trinajstić information content (AvgIpc) is 2.55. The molecule has 8 heteroatoms. The monoisotopic (exact) mass is 352 g/mol. The minimum Gasteiger partial charge on any atom is -0.466 e. The third-order valence-electron chi connectivity index (χ3n) is 3.96. The highest BCUT2D eigenvalue weighted by Crippen LogP contribution is 2.34. The van der Waals surface area contributed by atoms with E-state index in [2.05, 4.69) is 15.0 Å². The molecule has 0 spiro atoms. The molecule has 0 saturated carbocycles. The second-order valence-corrected chi connectivity index (χ2v) is 7.03. The molecule has 24 heavy (non-hydrogen) atoms. The van der Waals surface area contributed by atoms with Gasteiger partial charge in [-0.15, -0.1) is 0 Å². The smallest absolute Gasteiger partial charge is 0.293 e. The standard InChI is InChI=1S/C16H20N2O5S/c1-3-12-4-6-13(7-5-12)16-15(11(2)17-9-18-16)14(8-23-10-19)24(20,21)22/h4-7,9-10,14,16H,3,8H2,1-2H3,(H,17,18)(H,20,21,22). The molecule has 0 bridgehead atoms. The van der Waals surface area contributed by atoms with Crippen molar-refractivity contribution in [2.24, 2.45) is 4.99 Å². The summed E-state index contributed by atoms with van der Waals surface area (Å²) < 4.78 is 37.8. The lowest BCUT2D eigenvalue weighted by Crippen LogP contribution is -2.35. The highest BCUT2D eigenvalue weighted by atomic mass is 32.2. The van der Waals surface area contributed by atoms with Crippen molar-refractivity contribution in [3.63, 3.8) is 0 Å². The van der Waals surface area contributed by atoms with Gasteiger partial charge in [-0.25, -0.2) is 0 Å². The second-order valence-electron chi connectivity index (χ2n) is 5.43. The largest absolute Gasteiger partial charge is 0.466 e. The first-order valence-electron chi connectivity index (χ1n) is 7.47. The fraction of sp³-hybridized carbons (Fsp3) is 0.375. The van der Waals surface area contributed by atoms with Gasteiger partial charge in [-0.3, -0.25) is 14.3 Å². The van der Waals surface area contributed by atoms with Crippen LogP contribution in [0.4, 0.5) is 0 Å². The van der Waals surface area contributed by atoms with E-state index in [1.54, 1.807) is 6.92 Å². The van der Waals surface area contributed by atoms with Crippen LogP contribution in [-0.2, 0) is 26.1 Å². The summed E-state index contributed by atoms with van der Waals surface area (Å²) in [4.78, 5) is 14.8. The number of carbonyl (C=O) groups excluding carboxylic acids is 1. The van der Waals surface area contributed by atoms with Crippen LogP contribution in [0.1, 0.15) is 31.0 Å². The number of nitrogens with zero attached hydrogens (tertiary/aromatic N) is 1. The number of nitrogens with one attached hydrogen (secondary N) is 1. The lowest BCUT2D eigenvalue weighted by Gasteiger charge is -2.28. The second kappa shape index (κ2) is 7.59. The zero-order valence-corrected chi connectivity index (χ0v) is 14.3. The Hall–Kier alpha value is -2.19. The van der Waals surface area contributed by atoms with Crippen LogP contribution < -0.4 is 5.32 Å². The number of allylic oxidation sites excluding steroid dienone is 1. The SMILES string of the molecule is CCc1ccc(C2N=CNC(C)=C2C(COC=O)S(=O)(=O)O)cc1. The number of hydrogen-bond donors (Lipinski definition) is 2. The summed E-state index contributed by atoms with van der Waals surface area (Å²) >= 11 is 0. The van der Waals surface area contributed by atoms with E-state index in [9.17, 15) is 17.8 Å². The third-order valence-corrected chi connectivity index (χ3v) is 5.07. The Kier molecular flexibility index (Phi) is 5.74. The summed E-state index contributed by atoms with van der Waals surface area (Å²) in [6.45, 7) is 3.40. The van der Waals surface area contributed by atoms with Crippen LogP contribution in [-0.4, -0.2) is 37.6 Å². The molecule has 0 radical (unpaired) electrons. The summed E-state index contributed by atoms with van der Waals surface area (Å²) in [7, 11) is -4.48. The molecule has 0 fully saturated rings. The van der Waals surface area contributed by atoms with E-state index in [1.165, 1.54) is 6.34 Å². The summed E-state index contributed by atoms with van der Waals surface area (Å²) in [5, 5.41) is 1.47. The highest BCUT2D eigenvalue weighted by Gasteiger charge is 2.36. The van der Waals surface area contributed by atoms with E-state index < -0.39 is 28.0 Å². The molecule has 130 valence electrons. The Labute approximate surface area is 141 Å². The lowest BCUT2D eigenvalue weighted by molar-refractivity contribution is -0.128. The van der Waals surface area contributed by atoms with Crippen LogP contribution >= 0.6 is 0 Å². The van der Waals surface area contributed by atoms with Crippen LogP contribution in [0.5, 0.6) is 0 Å². The summed E-state index contributed by atoms with van der Waals surface area (Å²) in [5.41, 5.74) is 2.84. The molecule has 1 aromatic carbocycles. The Morgan fingerprint density at radius 1 is 1.38 bits per heavy atom. The quantitative estimate of drug-likeness (QED) is 0.571. The molecule has 2 unspecified atom stereocenters. The molecule has 1 aromatic rings. The van der Waals surface area contributed by atoms with Crippen LogP contribution in [0.15, 0.2) is 40.5 Å². The fourth-order valence-electron chi connectivity index (χ4n) is 2.66. The van der Waals surface area contributed by atoms with Gasteiger partial charge in [-0.1, -0.05) is 31.2 Å². The van der Waals surface area contributed by atoms with Crippen molar-refractivity contribution in [3.05, 3.63) is 46.7 Å². The highest BCUT2D eigenvalue weighted by molar-refractivity contribution is 7.86. The number of hydrogen-bond acceptors (Lipinski definition) is 6. The number of ether oxygens (including phenoxy) is 1. The first-order chi connectivity index (χ1) is 11.4. The van der Waals surface area contributed by atoms with Crippen molar-refractivity contribution in [2.45, 2.75) is 31.6 Å². The van der Waals surface area contributed by atoms with Crippen LogP contribution in [0, 0.1) is 0 Å². The Bertz CT molecular complexity index is 753. The normalized spacial score (nSPS) is 18.9. The van der Waals surface area contributed by atoms with Crippen molar-refractivity contribution in [1.82, 2.24) is 5.32 Å². The molecule has 0 aromatic heterocycles. The predicted molar refractivity (Wildman–Crippen MR) is 90.2 cm³/mol. The zero-order chi connectivity index (χ0) is 17.7. The molecule has 1 heterocycles. The number of rotatable bonds is 7. The molecule has 0 aliphatic carbocycles.